The molecule has 0 bridgehead atoms. The van der Waals surface area contributed by atoms with Crippen LogP contribution in [0.5, 0.6) is 0 Å². The molecule has 1 aliphatic rings. The second-order valence-electron chi connectivity index (χ2n) is 4.34. The third-order valence-corrected chi connectivity index (χ3v) is 2.58. The summed E-state index contributed by atoms with van der Waals surface area (Å²) in [7, 11) is 0. The second kappa shape index (κ2) is 5.73. The lowest BCUT2D eigenvalue weighted by molar-refractivity contribution is -0.0972. The molecule has 0 unspecified atom stereocenters. The number of carbonyl (C=O) groups is 1. The first-order valence-electron chi connectivity index (χ1n) is 5.46. The van der Waals surface area contributed by atoms with Gasteiger partial charge in [0.15, 0.2) is 12.7 Å². The van der Waals surface area contributed by atoms with Gasteiger partial charge in [-0.3, -0.25) is 4.90 Å². The first-order valence-corrected chi connectivity index (χ1v) is 5.46. The second-order valence-corrected chi connectivity index (χ2v) is 4.34. The highest BCUT2D eigenvalue weighted by atomic mass is 19.3. The minimum Gasteiger partial charge on any atom is -0.428 e. The maximum atomic E-state index is 13.5. The molecule has 1 aliphatic heterocycles. The number of likely N-dealkylation sites (tertiary alicyclic amines) is 1. The first kappa shape index (κ1) is 15.0. The van der Waals surface area contributed by atoms with E-state index in [9.17, 15) is 22.4 Å². The molecule has 0 spiro atoms. The quantitative estimate of drug-likeness (QED) is 0.581. The molecular weight excluding hydrogens is 258 g/mol. The Bertz CT molecular complexity index is 299. The molecule has 0 radical (unpaired) electrons. The summed E-state index contributed by atoms with van der Waals surface area (Å²) in [4.78, 5) is 12.4. The maximum Gasteiger partial charge on any atom is 0.509 e. The maximum absolute atomic E-state index is 13.5. The van der Waals surface area contributed by atoms with Crippen molar-refractivity contribution in [3.8, 4) is 0 Å². The Morgan fingerprint density at radius 2 is 2.06 bits per heavy atom. The van der Waals surface area contributed by atoms with Crippen LogP contribution in [0.15, 0.2) is 0 Å². The number of carbonyl (C=O) groups excluding carboxylic acids is 1. The van der Waals surface area contributed by atoms with Crippen molar-refractivity contribution in [3.63, 3.8) is 0 Å². The van der Waals surface area contributed by atoms with Crippen molar-refractivity contribution < 1.29 is 31.8 Å². The molecule has 1 saturated heterocycles. The van der Waals surface area contributed by atoms with Gasteiger partial charge in [0.1, 0.15) is 0 Å². The molecule has 106 valence electrons. The van der Waals surface area contributed by atoms with E-state index in [-0.39, 0.29) is 12.6 Å². The first-order chi connectivity index (χ1) is 8.22. The molecule has 1 heterocycles. The Morgan fingerprint density at radius 1 is 1.44 bits per heavy atom. The van der Waals surface area contributed by atoms with Gasteiger partial charge < -0.3 is 9.47 Å². The zero-order chi connectivity index (χ0) is 13.9. The van der Waals surface area contributed by atoms with Gasteiger partial charge in [-0.1, -0.05) is 0 Å². The van der Waals surface area contributed by atoms with Gasteiger partial charge in [0.05, 0.1) is 6.54 Å². The van der Waals surface area contributed by atoms with Crippen LogP contribution in [0, 0.1) is 0 Å². The van der Waals surface area contributed by atoms with Crippen molar-refractivity contribution in [1.82, 2.24) is 4.90 Å². The highest BCUT2D eigenvalue weighted by Crippen LogP contribution is 2.31. The van der Waals surface area contributed by atoms with E-state index in [0.29, 0.717) is 0 Å². The largest absolute Gasteiger partial charge is 0.509 e. The fourth-order valence-corrected chi connectivity index (χ4v) is 1.58. The van der Waals surface area contributed by atoms with Gasteiger partial charge in [-0.15, -0.1) is 0 Å². The lowest BCUT2D eigenvalue weighted by atomic mass is 10.2. The van der Waals surface area contributed by atoms with Crippen molar-refractivity contribution in [2.45, 2.75) is 38.3 Å². The highest BCUT2D eigenvalue weighted by molar-refractivity contribution is 5.60. The van der Waals surface area contributed by atoms with Gasteiger partial charge >= 0.3 is 6.16 Å². The summed E-state index contributed by atoms with van der Waals surface area (Å²) in [6, 6.07) is -0.124. The number of nitrogens with zero attached hydrogens (tertiary/aromatic N) is 1. The average molecular weight is 273 g/mol. The van der Waals surface area contributed by atoms with Gasteiger partial charge in [0.2, 0.25) is 0 Å². The molecule has 0 aromatic rings. The van der Waals surface area contributed by atoms with E-state index < -0.39 is 37.8 Å². The molecule has 0 aliphatic carbocycles. The van der Waals surface area contributed by atoms with E-state index in [1.165, 1.54) is 4.90 Å². The number of hydrogen-bond donors (Lipinski definition) is 0. The highest BCUT2D eigenvalue weighted by Gasteiger charge is 2.51. The van der Waals surface area contributed by atoms with Crippen LogP contribution in [-0.2, 0) is 9.47 Å². The lowest BCUT2D eigenvalue weighted by Gasteiger charge is -2.18. The number of hydrogen-bond acceptors (Lipinski definition) is 4. The smallest absolute Gasteiger partial charge is 0.428 e. The van der Waals surface area contributed by atoms with Gasteiger partial charge in [-0.25, -0.2) is 22.4 Å². The van der Waals surface area contributed by atoms with E-state index in [1.807, 2.05) is 0 Å². The molecule has 0 aromatic heterocycles. The predicted octanol–water partition coefficient (Wildman–Crippen LogP) is 2.13. The van der Waals surface area contributed by atoms with Crippen molar-refractivity contribution in [2.75, 3.05) is 19.7 Å². The number of rotatable bonds is 4. The normalized spacial score (nSPS) is 23.7. The molecule has 0 saturated carbocycles. The summed E-state index contributed by atoms with van der Waals surface area (Å²) in [6.45, 7) is 1.62. The standard InChI is InChI=1S/C10H15F4NO3/c1-6(2)15-3-7(10(13,14)5-15)18-9(16)17-4-8(11)12/h6-8H,3-5H2,1-2H3/t7-/m1/s1. The predicted molar refractivity (Wildman–Crippen MR) is 53.9 cm³/mol. The average Bonchev–Trinajstić information content (AvgIpc) is 2.52. The number of ether oxygens (including phenoxy) is 2. The molecule has 0 aromatic carbocycles. The van der Waals surface area contributed by atoms with Gasteiger partial charge in [-0.05, 0) is 13.8 Å². The Labute approximate surface area is 102 Å². The summed E-state index contributed by atoms with van der Waals surface area (Å²) in [5, 5.41) is 0. The van der Waals surface area contributed by atoms with Crippen LogP contribution in [0.25, 0.3) is 0 Å². The molecule has 1 fully saturated rings. The van der Waals surface area contributed by atoms with Crippen LogP contribution in [-0.4, -0.2) is 55.2 Å². The fraction of sp³-hybridized carbons (Fsp3) is 0.900. The number of alkyl halides is 4. The van der Waals surface area contributed by atoms with Gasteiger partial charge in [0.25, 0.3) is 12.3 Å². The van der Waals surface area contributed by atoms with E-state index >= 15 is 0 Å². The fourth-order valence-electron chi connectivity index (χ4n) is 1.58. The lowest BCUT2D eigenvalue weighted by Crippen LogP contribution is -2.36. The molecule has 4 nitrogen and oxygen atoms in total. The van der Waals surface area contributed by atoms with Crippen LogP contribution in [0.3, 0.4) is 0 Å². The Balaban J connectivity index is 2.48. The molecule has 0 amide bonds. The summed E-state index contributed by atoms with van der Waals surface area (Å²) in [6.07, 6.45) is -6.01. The Kier molecular flexibility index (Phi) is 4.78. The SMILES string of the molecule is CC(C)N1C[C@@H](OC(=O)OCC(F)F)C(F)(F)C1. The van der Waals surface area contributed by atoms with Crippen molar-refractivity contribution in [1.29, 1.82) is 0 Å². The molecule has 0 N–H and O–H groups in total. The van der Waals surface area contributed by atoms with E-state index in [4.69, 9.17) is 0 Å². The van der Waals surface area contributed by atoms with Gasteiger partial charge in [0, 0.05) is 12.6 Å². The Hall–Kier alpha value is -1.05. The summed E-state index contributed by atoms with van der Waals surface area (Å²) in [5.74, 6) is -3.20. The van der Waals surface area contributed by atoms with Crippen LogP contribution in [0.1, 0.15) is 13.8 Å². The zero-order valence-corrected chi connectivity index (χ0v) is 10.0. The van der Waals surface area contributed by atoms with Crippen LogP contribution in [0.4, 0.5) is 22.4 Å². The minimum absolute atomic E-state index is 0.124. The van der Waals surface area contributed by atoms with Crippen LogP contribution in [0.2, 0.25) is 0 Å². The summed E-state index contributed by atoms with van der Waals surface area (Å²) in [5.41, 5.74) is 0. The number of halogens is 4. The molecular formula is C10H15F4NO3. The van der Waals surface area contributed by atoms with E-state index in [2.05, 4.69) is 9.47 Å². The van der Waals surface area contributed by atoms with E-state index in [1.54, 1.807) is 13.8 Å². The third-order valence-electron chi connectivity index (χ3n) is 2.58. The van der Waals surface area contributed by atoms with Crippen molar-refractivity contribution in [3.05, 3.63) is 0 Å². The third kappa shape index (κ3) is 4.01. The minimum atomic E-state index is -3.20. The Morgan fingerprint density at radius 3 is 2.50 bits per heavy atom. The molecule has 1 rings (SSSR count). The van der Waals surface area contributed by atoms with Gasteiger partial charge in [-0.2, -0.15) is 0 Å². The van der Waals surface area contributed by atoms with Crippen LogP contribution < -0.4 is 0 Å². The molecule has 8 heteroatoms. The zero-order valence-electron chi connectivity index (χ0n) is 10.0. The molecule has 1 atom stereocenters. The molecule has 18 heavy (non-hydrogen) atoms. The van der Waals surface area contributed by atoms with Crippen LogP contribution >= 0.6 is 0 Å². The van der Waals surface area contributed by atoms with Crippen molar-refractivity contribution >= 4 is 6.16 Å². The summed E-state index contributed by atoms with van der Waals surface area (Å²) >= 11 is 0. The van der Waals surface area contributed by atoms with Crippen molar-refractivity contribution in [2.24, 2.45) is 0 Å². The van der Waals surface area contributed by atoms with E-state index in [0.717, 1.165) is 0 Å². The summed E-state index contributed by atoms with van der Waals surface area (Å²) < 4.78 is 58.8. The topological polar surface area (TPSA) is 38.8 Å². The monoisotopic (exact) mass is 273 g/mol.